The molecule has 1 N–H and O–H groups in total. The first-order valence-corrected chi connectivity index (χ1v) is 11.8. The molecule has 0 fully saturated rings. The van der Waals surface area contributed by atoms with Crippen LogP contribution in [0.25, 0.3) is 17.1 Å². The second-order valence-electron chi connectivity index (χ2n) is 7.62. The van der Waals surface area contributed by atoms with E-state index in [0.717, 1.165) is 33.9 Å². The number of hydrogen-bond donors (Lipinski definition) is 1. The maximum absolute atomic E-state index is 12.5. The lowest BCUT2D eigenvalue weighted by molar-refractivity contribution is -0.118. The molecule has 1 heterocycles. The van der Waals surface area contributed by atoms with Gasteiger partial charge in [-0.05, 0) is 48.9 Å². The lowest BCUT2D eigenvalue weighted by Crippen LogP contribution is -2.24. The smallest absolute Gasteiger partial charge is 0.230 e. The molecule has 7 nitrogen and oxygen atoms in total. The number of nitrogens with one attached hydrogen (secondary N) is 1. The minimum Gasteiger partial charge on any atom is -0.497 e. The number of benzene rings is 3. The molecule has 34 heavy (non-hydrogen) atoms. The first kappa shape index (κ1) is 23.4. The SMILES string of the molecule is COc1ccc(CNC(=O)CSc2nnc(-c3cccc(OC)c3)n2-c2ccc(C)cc2)cc1. The molecule has 0 aliphatic rings. The minimum atomic E-state index is -0.0813. The van der Waals surface area contributed by atoms with E-state index >= 15 is 0 Å². The predicted octanol–water partition coefficient (Wildman–Crippen LogP) is 4.67. The van der Waals surface area contributed by atoms with Gasteiger partial charge in [-0.25, -0.2) is 0 Å². The van der Waals surface area contributed by atoms with Crippen LogP contribution in [-0.2, 0) is 11.3 Å². The van der Waals surface area contributed by atoms with Gasteiger partial charge in [-0.3, -0.25) is 9.36 Å². The van der Waals surface area contributed by atoms with Gasteiger partial charge in [0.25, 0.3) is 0 Å². The van der Waals surface area contributed by atoms with Crippen LogP contribution in [0.2, 0.25) is 0 Å². The van der Waals surface area contributed by atoms with E-state index in [2.05, 4.69) is 15.5 Å². The number of amides is 1. The number of ether oxygens (including phenoxy) is 2. The van der Waals surface area contributed by atoms with E-state index in [-0.39, 0.29) is 11.7 Å². The molecule has 0 unspecified atom stereocenters. The standard InChI is InChI=1S/C26H26N4O3S/c1-18-7-11-21(12-8-18)30-25(20-5-4-6-23(15-20)33-3)28-29-26(30)34-17-24(31)27-16-19-9-13-22(32-2)14-10-19/h4-15H,16-17H2,1-3H3,(H,27,31). The molecule has 0 aliphatic carbocycles. The van der Waals surface area contributed by atoms with Gasteiger partial charge in [0.05, 0.1) is 20.0 Å². The second-order valence-corrected chi connectivity index (χ2v) is 8.57. The molecule has 174 valence electrons. The van der Waals surface area contributed by atoms with Crippen molar-refractivity contribution < 1.29 is 14.3 Å². The summed E-state index contributed by atoms with van der Waals surface area (Å²) in [5.41, 5.74) is 3.96. The molecule has 0 aliphatic heterocycles. The number of thioether (sulfide) groups is 1. The van der Waals surface area contributed by atoms with Crippen molar-refractivity contribution in [3.05, 3.63) is 83.9 Å². The topological polar surface area (TPSA) is 78.3 Å². The Balaban J connectivity index is 1.52. The zero-order valence-electron chi connectivity index (χ0n) is 19.3. The summed E-state index contributed by atoms with van der Waals surface area (Å²) in [5, 5.41) is 12.4. The van der Waals surface area contributed by atoms with Gasteiger partial charge >= 0.3 is 0 Å². The molecule has 0 saturated carbocycles. The van der Waals surface area contributed by atoms with Crippen LogP contribution in [0.4, 0.5) is 0 Å². The highest BCUT2D eigenvalue weighted by Gasteiger charge is 2.18. The van der Waals surface area contributed by atoms with Crippen LogP contribution < -0.4 is 14.8 Å². The van der Waals surface area contributed by atoms with Crippen LogP contribution >= 0.6 is 11.8 Å². The molecular weight excluding hydrogens is 448 g/mol. The molecule has 0 bridgehead atoms. The number of methoxy groups -OCH3 is 2. The van der Waals surface area contributed by atoms with Crippen LogP contribution in [0.5, 0.6) is 11.5 Å². The van der Waals surface area contributed by atoms with Crippen molar-refractivity contribution in [3.63, 3.8) is 0 Å². The van der Waals surface area contributed by atoms with Crippen molar-refractivity contribution in [2.45, 2.75) is 18.6 Å². The van der Waals surface area contributed by atoms with Crippen molar-refractivity contribution >= 4 is 17.7 Å². The van der Waals surface area contributed by atoms with Crippen molar-refractivity contribution in [2.75, 3.05) is 20.0 Å². The predicted molar refractivity (Wildman–Crippen MR) is 134 cm³/mol. The van der Waals surface area contributed by atoms with Crippen LogP contribution in [0.15, 0.2) is 78.0 Å². The molecule has 1 amide bonds. The monoisotopic (exact) mass is 474 g/mol. The Bertz CT molecular complexity index is 1250. The Hall–Kier alpha value is -3.78. The molecule has 0 spiro atoms. The molecule has 1 aromatic heterocycles. The van der Waals surface area contributed by atoms with Crippen LogP contribution in [0.3, 0.4) is 0 Å². The van der Waals surface area contributed by atoms with Crippen LogP contribution in [0, 0.1) is 6.92 Å². The third-order valence-electron chi connectivity index (χ3n) is 5.23. The fraction of sp³-hybridized carbons (Fsp3) is 0.192. The summed E-state index contributed by atoms with van der Waals surface area (Å²) in [4.78, 5) is 12.5. The average molecular weight is 475 g/mol. The number of aryl methyl sites for hydroxylation is 1. The van der Waals surface area contributed by atoms with E-state index in [4.69, 9.17) is 9.47 Å². The number of carbonyl (C=O) groups is 1. The highest BCUT2D eigenvalue weighted by Crippen LogP contribution is 2.29. The Morgan fingerprint density at radius 3 is 2.38 bits per heavy atom. The maximum atomic E-state index is 12.5. The summed E-state index contributed by atoms with van der Waals surface area (Å²) in [6, 6.07) is 23.4. The lowest BCUT2D eigenvalue weighted by Gasteiger charge is -2.11. The van der Waals surface area contributed by atoms with Gasteiger partial charge in [-0.1, -0.05) is 53.7 Å². The first-order valence-electron chi connectivity index (χ1n) is 10.8. The quantitative estimate of drug-likeness (QED) is 0.355. The zero-order chi connectivity index (χ0) is 23.9. The molecule has 8 heteroatoms. The number of rotatable bonds is 9. The Labute approximate surface area is 203 Å². The molecule has 4 aromatic rings. The van der Waals surface area contributed by atoms with Gasteiger partial charge in [0.2, 0.25) is 5.91 Å². The number of carbonyl (C=O) groups excluding carboxylic acids is 1. The van der Waals surface area contributed by atoms with Crippen molar-refractivity contribution in [1.29, 1.82) is 0 Å². The number of nitrogens with zero attached hydrogens (tertiary/aromatic N) is 3. The average Bonchev–Trinajstić information content (AvgIpc) is 3.31. The van der Waals surface area contributed by atoms with Crippen molar-refractivity contribution in [1.82, 2.24) is 20.1 Å². The third-order valence-corrected chi connectivity index (χ3v) is 6.16. The lowest BCUT2D eigenvalue weighted by atomic mass is 10.2. The maximum Gasteiger partial charge on any atom is 0.230 e. The van der Waals surface area contributed by atoms with E-state index < -0.39 is 0 Å². The Morgan fingerprint density at radius 1 is 0.941 bits per heavy atom. The van der Waals surface area contributed by atoms with Gasteiger partial charge in [0.1, 0.15) is 11.5 Å². The molecule has 0 saturated heterocycles. The second kappa shape index (κ2) is 10.9. The molecule has 0 atom stereocenters. The number of aromatic nitrogens is 3. The van der Waals surface area contributed by atoms with Gasteiger partial charge in [0.15, 0.2) is 11.0 Å². The molecule has 0 radical (unpaired) electrons. The van der Waals surface area contributed by atoms with Crippen molar-refractivity contribution in [3.8, 4) is 28.6 Å². The summed E-state index contributed by atoms with van der Waals surface area (Å²) < 4.78 is 12.5. The summed E-state index contributed by atoms with van der Waals surface area (Å²) >= 11 is 1.35. The molecular formula is C26H26N4O3S. The third kappa shape index (κ3) is 5.58. The summed E-state index contributed by atoms with van der Waals surface area (Å²) in [5.74, 6) is 2.35. The summed E-state index contributed by atoms with van der Waals surface area (Å²) in [7, 11) is 3.26. The minimum absolute atomic E-state index is 0.0813. The summed E-state index contributed by atoms with van der Waals surface area (Å²) in [6.07, 6.45) is 0. The van der Waals surface area contributed by atoms with Gasteiger partial charge in [0, 0.05) is 17.8 Å². The number of hydrogen-bond acceptors (Lipinski definition) is 6. The van der Waals surface area contributed by atoms with Crippen LogP contribution in [-0.4, -0.2) is 40.6 Å². The van der Waals surface area contributed by atoms with E-state index in [1.807, 2.05) is 84.3 Å². The van der Waals surface area contributed by atoms with E-state index in [1.54, 1.807) is 14.2 Å². The largest absolute Gasteiger partial charge is 0.497 e. The summed E-state index contributed by atoms with van der Waals surface area (Å²) in [6.45, 7) is 2.49. The Morgan fingerprint density at radius 2 is 1.68 bits per heavy atom. The first-order chi connectivity index (χ1) is 16.6. The van der Waals surface area contributed by atoms with Gasteiger partial charge in [-0.15, -0.1) is 10.2 Å². The normalized spacial score (nSPS) is 10.7. The Kier molecular flexibility index (Phi) is 7.49. The molecule has 3 aromatic carbocycles. The van der Waals surface area contributed by atoms with Crippen LogP contribution in [0.1, 0.15) is 11.1 Å². The van der Waals surface area contributed by atoms with Crippen molar-refractivity contribution in [2.24, 2.45) is 0 Å². The fourth-order valence-corrected chi connectivity index (χ4v) is 4.15. The van der Waals surface area contributed by atoms with E-state index in [0.29, 0.717) is 17.5 Å². The van der Waals surface area contributed by atoms with E-state index in [9.17, 15) is 4.79 Å². The molecule has 4 rings (SSSR count). The van der Waals surface area contributed by atoms with Gasteiger partial charge < -0.3 is 14.8 Å². The highest BCUT2D eigenvalue weighted by atomic mass is 32.2. The zero-order valence-corrected chi connectivity index (χ0v) is 20.1. The highest BCUT2D eigenvalue weighted by molar-refractivity contribution is 7.99. The van der Waals surface area contributed by atoms with E-state index in [1.165, 1.54) is 11.8 Å². The fourth-order valence-electron chi connectivity index (χ4n) is 3.36. The van der Waals surface area contributed by atoms with Gasteiger partial charge in [-0.2, -0.15) is 0 Å².